The average molecular weight is 210 g/mol. The van der Waals surface area contributed by atoms with Crippen molar-refractivity contribution in [3.8, 4) is 11.5 Å². The van der Waals surface area contributed by atoms with Crippen LogP contribution in [0.1, 0.15) is 20.7 Å². The summed E-state index contributed by atoms with van der Waals surface area (Å²) in [5.41, 5.74) is -1.44. The molecule has 0 saturated heterocycles. The molecule has 0 heterocycles. The first kappa shape index (κ1) is 17.4. The molecule has 0 aliphatic heterocycles. The number of hydrogen-bond donors (Lipinski definition) is 2. The molecule has 1 aromatic carbocycles. The van der Waals surface area contributed by atoms with Crippen LogP contribution in [0.5, 0.6) is 11.5 Å². The molecule has 1 aromatic rings. The zero-order chi connectivity index (χ0) is 10.9. The predicted octanol–water partition coefficient (Wildman–Crippen LogP) is -6.76. The van der Waals surface area contributed by atoms with Crippen molar-refractivity contribution < 1.29 is 67.7 Å². The summed E-state index contributed by atoms with van der Waals surface area (Å²) in [6.07, 6.45) is 0. The summed E-state index contributed by atoms with van der Waals surface area (Å²) in [4.78, 5) is 20.8. The van der Waals surface area contributed by atoms with E-state index in [0.29, 0.717) is 12.1 Å². The minimum atomic E-state index is -1.56. The van der Waals surface area contributed by atoms with Crippen molar-refractivity contribution in [2.24, 2.45) is 0 Å². The predicted molar refractivity (Wildman–Crippen MR) is 39.3 cm³/mol. The molecule has 8 heteroatoms. The van der Waals surface area contributed by atoms with Crippen LogP contribution in [0.15, 0.2) is 12.1 Å². The molecule has 0 fully saturated rings. The maximum absolute atomic E-state index is 10.9. The topological polar surface area (TPSA) is 121 Å². The first-order valence-electron chi connectivity index (χ1n) is 3.42. The Bertz CT molecular complexity index is 382. The Hall–Kier alpha value is -1.05. The van der Waals surface area contributed by atoms with Crippen LogP contribution in [0.2, 0.25) is 0 Å². The SMILES string of the molecule is O=C(O)c1cc(C(=O)O)c([O-])cc1[O-].[Li+].[Li+]. The van der Waals surface area contributed by atoms with E-state index >= 15 is 0 Å². The maximum atomic E-state index is 10.9. The van der Waals surface area contributed by atoms with Gasteiger partial charge >= 0.3 is 49.7 Å². The molecule has 0 unspecified atom stereocenters. The molecule has 0 saturated carbocycles. The van der Waals surface area contributed by atoms with Gasteiger partial charge in [0.2, 0.25) is 0 Å². The van der Waals surface area contributed by atoms with Crippen LogP contribution in [-0.2, 0) is 0 Å². The summed E-state index contributed by atoms with van der Waals surface area (Å²) in [6, 6.07) is 1.02. The monoisotopic (exact) mass is 210 g/mol. The van der Waals surface area contributed by atoms with E-state index in [0.717, 1.165) is 0 Å². The van der Waals surface area contributed by atoms with Gasteiger partial charge in [0.05, 0.1) is 11.1 Å². The van der Waals surface area contributed by atoms with E-state index in [1.807, 2.05) is 0 Å². The molecule has 2 N–H and O–H groups in total. The molecule has 16 heavy (non-hydrogen) atoms. The van der Waals surface area contributed by atoms with Gasteiger partial charge in [-0.2, -0.15) is 0 Å². The van der Waals surface area contributed by atoms with Gasteiger partial charge in [-0.15, -0.1) is 0 Å². The summed E-state index contributed by atoms with van der Waals surface area (Å²) in [7, 11) is 0. The minimum absolute atomic E-state index is 0. The molecule has 0 aliphatic rings. The Balaban J connectivity index is 0. The third kappa shape index (κ3) is 3.51. The van der Waals surface area contributed by atoms with Gasteiger partial charge in [-0.25, -0.2) is 9.59 Å². The van der Waals surface area contributed by atoms with E-state index in [2.05, 4.69) is 0 Å². The third-order valence-corrected chi connectivity index (χ3v) is 1.54. The maximum Gasteiger partial charge on any atom is 1.00 e. The Labute approximate surface area is 114 Å². The molecule has 0 bridgehead atoms. The van der Waals surface area contributed by atoms with Crippen molar-refractivity contribution in [2.75, 3.05) is 0 Å². The van der Waals surface area contributed by atoms with Crippen LogP contribution in [0.4, 0.5) is 0 Å². The minimum Gasteiger partial charge on any atom is -0.872 e. The summed E-state index contributed by atoms with van der Waals surface area (Å²) in [6.45, 7) is 0. The van der Waals surface area contributed by atoms with Crippen molar-refractivity contribution in [1.29, 1.82) is 0 Å². The van der Waals surface area contributed by atoms with Crippen LogP contribution in [0.3, 0.4) is 0 Å². The number of aromatic carboxylic acids is 2. The Kier molecular flexibility index (Phi) is 7.07. The van der Waals surface area contributed by atoms with Gasteiger partial charge in [-0.3, -0.25) is 0 Å². The smallest absolute Gasteiger partial charge is 0.872 e. The fourth-order valence-corrected chi connectivity index (χ4v) is 0.895. The van der Waals surface area contributed by atoms with Crippen molar-refractivity contribution in [2.45, 2.75) is 0 Å². The Morgan fingerprint density at radius 3 is 1.44 bits per heavy atom. The van der Waals surface area contributed by atoms with Crippen LogP contribution in [0.25, 0.3) is 0 Å². The second-order valence-electron chi connectivity index (χ2n) is 2.45. The van der Waals surface area contributed by atoms with Crippen LogP contribution in [-0.4, -0.2) is 22.2 Å². The van der Waals surface area contributed by atoms with E-state index in [1.54, 1.807) is 0 Å². The second-order valence-corrected chi connectivity index (χ2v) is 2.45. The van der Waals surface area contributed by atoms with Gasteiger partial charge in [0.1, 0.15) is 0 Å². The molecule has 1 rings (SSSR count). The molecule has 0 aliphatic carbocycles. The number of hydrogen-bond acceptors (Lipinski definition) is 4. The van der Waals surface area contributed by atoms with E-state index in [4.69, 9.17) is 10.2 Å². The van der Waals surface area contributed by atoms with Crippen LogP contribution < -0.4 is 47.9 Å². The molecular formula is C8H4Li2O6. The Morgan fingerprint density at radius 1 is 0.875 bits per heavy atom. The molecule has 0 spiro atoms. The van der Waals surface area contributed by atoms with Crippen molar-refractivity contribution in [3.05, 3.63) is 23.3 Å². The zero-order valence-corrected chi connectivity index (χ0v) is 8.68. The van der Waals surface area contributed by atoms with E-state index in [9.17, 15) is 19.8 Å². The van der Waals surface area contributed by atoms with Crippen molar-refractivity contribution >= 4 is 11.9 Å². The van der Waals surface area contributed by atoms with E-state index < -0.39 is 34.6 Å². The number of benzene rings is 1. The summed E-state index contributed by atoms with van der Waals surface area (Å²) in [5.74, 6) is -5.10. The van der Waals surface area contributed by atoms with Crippen molar-refractivity contribution in [3.63, 3.8) is 0 Å². The van der Waals surface area contributed by atoms with E-state index in [-0.39, 0.29) is 37.7 Å². The summed E-state index contributed by atoms with van der Waals surface area (Å²) in [5, 5.41) is 38.7. The number of carboxylic acids is 2. The zero-order valence-electron chi connectivity index (χ0n) is 8.68. The third-order valence-electron chi connectivity index (χ3n) is 1.54. The number of rotatable bonds is 2. The van der Waals surface area contributed by atoms with Gasteiger partial charge in [-0.1, -0.05) is 17.6 Å². The quantitative estimate of drug-likeness (QED) is 0.468. The largest absolute Gasteiger partial charge is 1.00 e. The first-order chi connectivity index (χ1) is 6.43. The van der Waals surface area contributed by atoms with Gasteiger partial charge in [0.15, 0.2) is 0 Å². The van der Waals surface area contributed by atoms with Gasteiger partial charge in [0, 0.05) is 0 Å². The molecule has 0 aromatic heterocycles. The molecular weight excluding hydrogens is 206 g/mol. The molecule has 0 atom stereocenters. The van der Waals surface area contributed by atoms with Crippen molar-refractivity contribution in [1.82, 2.24) is 0 Å². The number of carboxylic acid groups (broad SMARTS) is 2. The van der Waals surface area contributed by atoms with Gasteiger partial charge in [-0.05, 0) is 6.07 Å². The molecule has 0 radical (unpaired) electrons. The normalized spacial score (nSPS) is 8.50. The average Bonchev–Trinajstić information content (AvgIpc) is 2.02. The number of carbonyl (C=O) groups is 2. The Morgan fingerprint density at radius 2 is 1.19 bits per heavy atom. The molecule has 0 amide bonds. The van der Waals surface area contributed by atoms with Gasteiger partial charge < -0.3 is 20.4 Å². The fraction of sp³-hybridized carbons (Fsp3) is 0. The summed E-state index contributed by atoms with van der Waals surface area (Å²) >= 11 is 0. The first-order valence-corrected chi connectivity index (χ1v) is 3.42. The van der Waals surface area contributed by atoms with E-state index in [1.165, 1.54) is 0 Å². The molecule has 6 nitrogen and oxygen atoms in total. The molecule has 74 valence electrons. The standard InChI is InChI=1S/C8H6O6.2Li/c9-5-2-6(10)4(8(13)14)1-3(5)7(11)12;;/h1-2,9-10H,(H,11,12)(H,13,14);;/q;2*+1/p-2. The van der Waals surface area contributed by atoms with Crippen LogP contribution in [0, 0.1) is 0 Å². The summed E-state index contributed by atoms with van der Waals surface area (Å²) < 4.78 is 0. The second kappa shape index (κ2) is 6.52. The van der Waals surface area contributed by atoms with Gasteiger partial charge in [0.25, 0.3) is 0 Å². The fourth-order valence-electron chi connectivity index (χ4n) is 0.895. The van der Waals surface area contributed by atoms with Crippen LogP contribution >= 0.6 is 0 Å².